The molecule has 0 radical (unpaired) electrons. The smallest absolute Gasteiger partial charge is 0.325 e. The Hall–Kier alpha value is -1.55. The molecule has 1 unspecified atom stereocenters. The van der Waals surface area contributed by atoms with Crippen LogP contribution in [0.3, 0.4) is 0 Å². The quantitative estimate of drug-likeness (QED) is 0.282. The fourth-order valence-electron chi connectivity index (χ4n) is 1.31. The second kappa shape index (κ2) is 5.40. The Kier molecular flexibility index (Phi) is 3.87. The van der Waals surface area contributed by atoms with Crippen LogP contribution in [0.4, 0.5) is 4.79 Å². The predicted molar refractivity (Wildman–Crippen MR) is 67.3 cm³/mol. The van der Waals surface area contributed by atoms with Gasteiger partial charge in [0.15, 0.2) is 0 Å². The maximum atomic E-state index is 11.2. The molecule has 0 saturated carbocycles. The average molecular weight is 290 g/mol. The predicted octanol–water partition coefficient (Wildman–Crippen LogP) is -0.502. The van der Waals surface area contributed by atoms with Gasteiger partial charge in [0.2, 0.25) is 5.88 Å². The molecular weight excluding hydrogens is 280 g/mol. The van der Waals surface area contributed by atoms with Crippen LogP contribution >= 0.6 is 21.6 Å². The maximum absolute atomic E-state index is 11.2. The minimum absolute atomic E-state index is 0.181. The van der Waals surface area contributed by atoms with Gasteiger partial charge in [-0.3, -0.25) is 15.1 Å². The molecule has 10 heteroatoms. The number of aromatic hydroxyl groups is 1. The van der Waals surface area contributed by atoms with Gasteiger partial charge in [0.1, 0.15) is 6.04 Å². The molecule has 2 rings (SSSR count). The molecule has 18 heavy (non-hydrogen) atoms. The second-order valence-electron chi connectivity index (χ2n) is 3.47. The van der Waals surface area contributed by atoms with Crippen LogP contribution < -0.4 is 16.3 Å². The summed E-state index contributed by atoms with van der Waals surface area (Å²) in [6, 6.07) is -1.02. The Balaban J connectivity index is 1.73. The molecular formula is C8H10N4O4S2. The summed E-state index contributed by atoms with van der Waals surface area (Å²) < 4.78 is 0. The highest BCUT2D eigenvalue weighted by Gasteiger charge is 2.29. The summed E-state index contributed by atoms with van der Waals surface area (Å²) >= 11 is 0. The monoisotopic (exact) mass is 290 g/mol. The normalized spacial score (nSPS) is 18.8. The summed E-state index contributed by atoms with van der Waals surface area (Å²) in [5, 5.41) is 13.9. The molecule has 8 nitrogen and oxygen atoms in total. The maximum Gasteiger partial charge on any atom is 0.325 e. The van der Waals surface area contributed by atoms with Gasteiger partial charge in [0.25, 0.3) is 5.91 Å². The minimum atomic E-state index is -0.533. The molecule has 1 aromatic rings. The number of carbonyl (C=O) groups is 2. The van der Waals surface area contributed by atoms with E-state index in [4.69, 9.17) is 0 Å². The molecule has 1 aromatic heterocycles. The number of aromatic amines is 2. The minimum Gasteiger partial charge on any atom is -0.493 e. The third-order valence-electron chi connectivity index (χ3n) is 2.16. The lowest BCUT2D eigenvalue weighted by Gasteiger charge is -2.05. The van der Waals surface area contributed by atoms with Gasteiger partial charge in [0, 0.05) is 11.5 Å². The van der Waals surface area contributed by atoms with Crippen molar-refractivity contribution in [2.45, 2.75) is 11.8 Å². The fraction of sp³-hybridized carbons (Fsp3) is 0.375. The third kappa shape index (κ3) is 3.01. The standard InChI is InChI=1S/C8H10N4O4S2/c13-5-3(9-7(15)11-5)1-17-18-2-4-6(14)12-8(16)10-4/h3,14H,1-2H2,(H2,10,12,16)(H2,9,11,13,15). The summed E-state index contributed by atoms with van der Waals surface area (Å²) in [4.78, 5) is 37.5. The highest BCUT2D eigenvalue weighted by molar-refractivity contribution is 8.76. The first-order valence-electron chi connectivity index (χ1n) is 4.92. The van der Waals surface area contributed by atoms with Crippen molar-refractivity contribution in [3.63, 3.8) is 0 Å². The van der Waals surface area contributed by atoms with Crippen molar-refractivity contribution in [3.05, 3.63) is 16.2 Å². The molecule has 98 valence electrons. The van der Waals surface area contributed by atoms with E-state index >= 15 is 0 Å². The van der Waals surface area contributed by atoms with E-state index < -0.39 is 17.8 Å². The second-order valence-corrected chi connectivity index (χ2v) is 5.98. The number of H-pyrrole nitrogens is 2. The van der Waals surface area contributed by atoms with Crippen LogP contribution in [-0.4, -0.2) is 38.8 Å². The summed E-state index contributed by atoms with van der Waals surface area (Å²) in [7, 11) is 2.72. The number of hydrogen-bond donors (Lipinski definition) is 5. The van der Waals surface area contributed by atoms with Gasteiger partial charge in [0.05, 0.1) is 5.69 Å². The van der Waals surface area contributed by atoms with Crippen molar-refractivity contribution >= 4 is 33.5 Å². The molecule has 3 amide bonds. The van der Waals surface area contributed by atoms with Gasteiger partial charge in [-0.25, -0.2) is 9.59 Å². The van der Waals surface area contributed by atoms with Crippen molar-refractivity contribution in [2.75, 3.05) is 5.75 Å². The zero-order valence-electron chi connectivity index (χ0n) is 8.98. The number of urea groups is 1. The highest BCUT2D eigenvalue weighted by Crippen LogP contribution is 2.28. The first kappa shape index (κ1) is 12.9. The molecule has 1 atom stereocenters. The van der Waals surface area contributed by atoms with Gasteiger partial charge >= 0.3 is 11.7 Å². The topological polar surface area (TPSA) is 127 Å². The Morgan fingerprint density at radius 1 is 1.17 bits per heavy atom. The first-order valence-corrected chi connectivity index (χ1v) is 7.41. The van der Waals surface area contributed by atoms with Crippen LogP contribution in [0.5, 0.6) is 5.88 Å². The van der Waals surface area contributed by atoms with Crippen molar-refractivity contribution in [1.29, 1.82) is 0 Å². The molecule has 2 heterocycles. The number of imide groups is 1. The Labute approximate surface area is 109 Å². The third-order valence-corrected chi connectivity index (χ3v) is 4.47. The van der Waals surface area contributed by atoms with Crippen molar-refractivity contribution in [1.82, 2.24) is 20.6 Å². The van der Waals surface area contributed by atoms with E-state index in [1.54, 1.807) is 0 Å². The van der Waals surface area contributed by atoms with Crippen LogP contribution in [0.2, 0.25) is 0 Å². The van der Waals surface area contributed by atoms with Crippen LogP contribution in [0, 0.1) is 0 Å². The average Bonchev–Trinajstić information content (AvgIpc) is 2.77. The number of rotatable bonds is 5. The lowest BCUT2D eigenvalue weighted by molar-refractivity contribution is -0.119. The summed E-state index contributed by atoms with van der Waals surface area (Å²) in [5.41, 5.74) is -0.0621. The van der Waals surface area contributed by atoms with Crippen molar-refractivity contribution in [2.24, 2.45) is 0 Å². The molecule has 0 bridgehead atoms. The fourth-order valence-corrected chi connectivity index (χ4v) is 3.49. The van der Waals surface area contributed by atoms with Crippen molar-refractivity contribution < 1.29 is 14.7 Å². The molecule has 1 aliphatic rings. The number of carbonyl (C=O) groups excluding carboxylic acids is 2. The SMILES string of the molecule is O=C1NC(=O)C(CSSCc2[nH]c(=O)[nH]c2O)N1. The first-order chi connectivity index (χ1) is 8.56. The zero-order valence-corrected chi connectivity index (χ0v) is 10.6. The van der Waals surface area contributed by atoms with Crippen LogP contribution in [0.1, 0.15) is 5.69 Å². The van der Waals surface area contributed by atoms with E-state index in [-0.39, 0.29) is 11.8 Å². The number of hydrogen-bond acceptors (Lipinski definition) is 6. The molecule has 5 N–H and O–H groups in total. The van der Waals surface area contributed by atoms with Gasteiger partial charge in [-0.15, -0.1) is 0 Å². The van der Waals surface area contributed by atoms with Crippen molar-refractivity contribution in [3.8, 4) is 5.88 Å². The number of nitrogens with one attached hydrogen (secondary N) is 4. The summed E-state index contributed by atoms with van der Waals surface area (Å²) in [6.45, 7) is 0. The van der Waals surface area contributed by atoms with Gasteiger partial charge in [-0.2, -0.15) is 0 Å². The number of imidazole rings is 1. The van der Waals surface area contributed by atoms with E-state index in [2.05, 4.69) is 20.6 Å². The molecule has 1 fully saturated rings. The van der Waals surface area contributed by atoms with Gasteiger partial charge in [-0.05, 0) is 0 Å². The van der Waals surface area contributed by atoms with E-state index in [1.807, 2.05) is 0 Å². The summed E-state index contributed by atoms with van der Waals surface area (Å²) in [6.07, 6.45) is 0. The molecule has 0 spiro atoms. The largest absolute Gasteiger partial charge is 0.493 e. The van der Waals surface area contributed by atoms with E-state index in [0.29, 0.717) is 17.2 Å². The van der Waals surface area contributed by atoms with E-state index in [1.165, 1.54) is 21.6 Å². The highest BCUT2D eigenvalue weighted by atomic mass is 33.1. The Morgan fingerprint density at radius 3 is 2.50 bits per heavy atom. The van der Waals surface area contributed by atoms with Crippen LogP contribution in [-0.2, 0) is 10.5 Å². The van der Waals surface area contributed by atoms with Crippen LogP contribution in [0.25, 0.3) is 0 Å². The Bertz CT molecular complexity index is 525. The molecule has 0 aliphatic carbocycles. The summed E-state index contributed by atoms with van der Waals surface area (Å²) in [5.74, 6) is 0.279. The lowest BCUT2D eigenvalue weighted by Crippen LogP contribution is -2.30. The number of amides is 3. The van der Waals surface area contributed by atoms with Gasteiger partial charge < -0.3 is 15.4 Å². The number of aromatic nitrogens is 2. The van der Waals surface area contributed by atoms with Gasteiger partial charge in [-0.1, -0.05) is 21.6 Å². The molecule has 0 aromatic carbocycles. The Morgan fingerprint density at radius 2 is 1.94 bits per heavy atom. The van der Waals surface area contributed by atoms with E-state index in [0.717, 1.165) is 0 Å². The van der Waals surface area contributed by atoms with Crippen LogP contribution in [0.15, 0.2) is 4.79 Å². The molecule has 1 aliphatic heterocycles. The molecule has 1 saturated heterocycles. The lowest BCUT2D eigenvalue weighted by atomic mass is 10.3. The van der Waals surface area contributed by atoms with E-state index in [9.17, 15) is 19.5 Å². The zero-order chi connectivity index (χ0) is 13.1.